The minimum Gasteiger partial charge on any atom is -0.480 e. The highest BCUT2D eigenvalue weighted by Gasteiger charge is 2.34. The van der Waals surface area contributed by atoms with E-state index in [9.17, 15) is 18.0 Å². The van der Waals surface area contributed by atoms with Gasteiger partial charge in [0.15, 0.2) is 11.5 Å². The first-order valence-corrected chi connectivity index (χ1v) is 10.6. The van der Waals surface area contributed by atoms with Crippen LogP contribution in [0, 0.1) is 6.92 Å². The summed E-state index contributed by atoms with van der Waals surface area (Å²) in [6, 6.07) is 7.46. The number of halogens is 4. The second kappa shape index (κ2) is 9.82. The molecule has 0 aliphatic carbocycles. The third kappa shape index (κ3) is 5.23. The van der Waals surface area contributed by atoms with Crippen LogP contribution in [0.25, 0.3) is 16.9 Å². The number of ether oxygens (including phenoxy) is 2. The van der Waals surface area contributed by atoms with Gasteiger partial charge in [0.05, 0.1) is 14.2 Å². The topological polar surface area (TPSA) is 104 Å². The second-order valence-corrected chi connectivity index (χ2v) is 7.93. The fraction of sp³-hybridized carbons (Fsp3) is 0.174. The molecule has 1 N–H and O–H groups in total. The number of anilines is 2. The van der Waals surface area contributed by atoms with E-state index in [1.165, 1.54) is 32.7 Å². The van der Waals surface area contributed by atoms with Crippen molar-refractivity contribution in [2.75, 3.05) is 19.5 Å². The number of alkyl halides is 3. The van der Waals surface area contributed by atoms with Gasteiger partial charge >= 0.3 is 12.1 Å². The standard InChI is InChI=1S/C23H18ClF3N6O3/c1-12-6-14(24)9-15(7-12)30-22-29-11-17(13-8-16(21(34)36-3)20(35-2)28-10-13)19(31-22)33-5-4-18(32-33)23(25,26)27/h4-11H,1-3H3,(H,29,30,31). The number of benzene rings is 1. The van der Waals surface area contributed by atoms with Gasteiger partial charge in [-0.15, -0.1) is 0 Å². The van der Waals surface area contributed by atoms with E-state index in [4.69, 9.17) is 21.1 Å². The molecule has 0 aliphatic rings. The molecule has 0 atom stereocenters. The van der Waals surface area contributed by atoms with E-state index in [2.05, 4.69) is 25.4 Å². The lowest BCUT2D eigenvalue weighted by molar-refractivity contribution is -0.141. The minimum absolute atomic E-state index is 0.00420. The lowest BCUT2D eigenvalue weighted by atomic mass is 10.1. The van der Waals surface area contributed by atoms with Gasteiger partial charge in [-0.1, -0.05) is 11.6 Å². The zero-order valence-corrected chi connectivity index (χ0v) is 19.8. The molecule has 36 heavy (non-hydrogen) atoms. The van der Waals surface area contributed by atoms with Crippen LogP contribution in [0.3, 0.4) is 0 Å². The summed E-state index contributed by atoms with van der Waals surface area (Å²) in [6.07, 6.45) is -0.783. The van der Waals surface area contributed by atoms with Crippen molar-refractivity contribution < 1.29 is 27.4 Å². The van der Waals surface area contributed by atoms with Crippen LogP contribution in [0.4, 0.5) is 24.8 Å². The van der Waals surface area contributed by atoms with Crippen LogP contribution in [-0.4, -0.2) is 44.9 Å². The average Bonchev–Trinajstić information content (AvgIpc) is 3.33. The molecular formula is C23H18ClF3N6O3. The van der Waals surface area contributed by atoms with Crippen LogP contribution in [0.2, 0.25) is 5.02 Å². The summed E-state index contributed by atoms with van der Waals surface area (Å²) in [4.78, 5) is 25.0. The molecule has 0 radical (unpaired) electrons. The number of aryl methyl sites for hydroxylation is 1. The summed E-state index contributed by atoms with van der Waals surface area (Å²) < 4.78 is 50.6. The maximum absolute atomic E-state index is 13.2. The van der Waals surface area contributed by atoms with E-state index >= 15 is 0 Å². The van der Waals surface area contributed by atoms with Gasteiger partial charge in [-0.3, -0.25) is 0 Å². The van der Waals surface area contributed by atoms with Crippen LogP contribution in [-0.2, 0) is 10.9 Å². The smallest absolute Gasteiger partial charge is 0.435 e. The molecule has 0 saturated carbocycles. The Labute approximate surface area is 207 Å². The molecule has 0 aliphatic heterocycles. The number of methoxy groups -OCH3 is 2. The van der Waals surface area contributed by atoms with Crippen molar-refractivity contribution in [1.82, 2.24) is 24.7 Å². The van der Waals surface area contributed by atoms with Gasteiger partial charge < -0.3 is 14.8 Å². The molecule has 1 aromatic carbocycles. The minimum atomic E-state index is -4.66. The monoisotopic (exact) mass is 518 g/mol. The van der Waals surface area contributed by atoms with Gasteiger partial charge in [0.2, 0.25) is 11.8 Å². The second-order valence-electron chi connectivity index (χ2n) is 7.49. The van der Waals surface area contributed by atoms with E-state index in [0.717, 1.165) is 22.5 Å². The summed E-state index contributed by atoms with van der Waals surface area (Å²) in [6.45, 7) is 1.85. The number of aromatic nitrogens is 5. The predicted octanol–water partition coefficient (Wildman–Crippen LogP) is 5.24. The predicted molar refractivity (Wildman–Crippen MR) is 125 cm³/mol. The highest BCUT2D eigenvalue weighted by atomic mass is 35.5. The van der Waals surface area contributed by atoms with E-state index < -0.39 is 17.8 Å². The largest absolute Gasteiger partial charge is 0.480 e. The summed E-state index contributed by atoms with van der Waals surface area (Å²) in [5, 5.41) is 7.11. The fourth-order valence-electron chi connectivity index (χ4n) is 3.36. The van der Waals surface area contributed by atoms with Crippen LogP contribution in [0.5, 0.6) is 5.88 Å². The first-order chi connectivity index (χ1) is 17.1. The average molecular weight is 519 g/mol. The Morgan fingerprint density at radius 2 is 1.89 bits per heavy atom. The van der Waals surface area contributed by atoms with Crippen LogP contribution in [0.15, 0.2) is 48.9 Å². The van der Waals surface area contributed by atoms with Gasteiger partial charge in [-0.2, -0.15) is 23.3 Å². The summed E-state index contributed by atoms with van der Waals surface area (Å²) in [5.41, 5.74) is 0.935. The number of carbonyl (C=O) groups is 1. The Morgan fingerprint density at radius 3 is 2.53 bits per heavy atom. The molecule has 0 spiro atoms. The molecule has 3 aromatic heterocycles. The maximum atomic E-state index is 13.2. The highest BCUT2D eigenvalue weighted by molar-refractivity contribution is 6.30. The van der Waals surface area contributed by atoms with E-state index in [-0.39, 0.29) is 28.8 Å². The molecule has 9 nitrogen and oxygen atoms in total. The van der Waals surface area contributed by atoms with Crippen molar-refractivity contribution in [3.8, 4) is 22.8 Å². The lowest BCUT2D eigenvalue weighted by Gasteiger charge is -2.13. The highest BCUT2D eigenvalue weighted by Crippen LogP contribution is 2.32. The number of nitrogens with zero attached hydrogens (tertiary/aromatic N) is 5. The Kier molecular flexibility index (Phi) is 6.80. The molecule has 186 valence electrons. The van der Waals surface area contributed by atoms with Gasteiger partial charge in [0, 0.05) is 40.4 Å². The Bertz CT molecular complexity index is 1420. The number of rotatable bonds is 6. The number of hydrogen-bond donors (Lipinski definition) is 1. The van der Waals surface area contributed by atoms with Gasteiger partial charge in [0.1, 0.15) is 5.56 Å². The number of carbonyl (C=O) groups excluding carboxylic acids is 1. The molecule has 13 heteroatoms. The zero-order chi connectivity index (χ0) is 26.0. The number of esters is 1. The number of hydrogen-bond acceptors (Lipinski definition) is 8. The quantitative estimate of drug-likeness (QED) is 0.345. The molecule has 0 saturated heterocycles. The van der Waals surface area contributed by atoms with Crippen LogP contribution in [0.1, 0.15) is 21.6 Å². The van der Waals surface area contributed by atoms with Crippen molar-refractivity contribution in [3.63, 3.8) is 0 Å². The van der Waals surface area contributed by atoms with Crippen LogP contribution >= 0.6 is 11.6 Å². The van der Waals surface area contributed by atoms with E-state index in [1.807, 2.05) is 6.92 Å². The van der Waals surface area contributed by atoms with Gasteiger partial charge in [0.25, 0.3) is 0 Å². The van der Waals surface area contributed by atoms with Crippen molar-refractivity contribution in [1.29, 1.82) is 0 Å². The van der Waals surface area contributed by atoms with Crippen molar-refractivity contribution >= 4 is 29.2 Å². The first-order valence-electron chi connectivity index (χ1n) is 10.3. The molecule has 0 bridgehead atoms. The molecule has 3 heterocycles. The third-order valence-electron chi connectivity index (χ3n) is 4.92. The third-order valence-corrected chi connectivity index (χ3v) is 5.14. The van der Waals surface area contributed by atoms with E-state index in [1.54, 1.807) is 18.2 Å². The van der Waals surface area contributed by atoms with Gasteiger partial charge in [-0.25, -0.2) is 19.4 Å². The molecule has 4 rings (SSSR count). The van der Waals surface area contributed by atoms with Crippen LogP contribution < -0.4 is 10.1 Å². The SMILES string of the molecule is COC(=O)c1cc(-c2cnc(Nc3cc(C)cc(Cl)c3)nc2-n2ccc(C(F)(F)F)n2)cnc1OC. The number of pyridine rings is 1. The Balaban J connectivity index is 1.86. The van der Waals surface area contributed by atoms with Gasteiger partial charge in [-0.05, 0) is 42.8 Å². The normalized spacial score (nSPS) is 11.3. The van der Waals surface area contributed by atoms with E-state index in [0.29, 0.717) is 16.3 Å². The molecule has 0 fully saturated rings. The van der Waals surface area contributed by atoms with Crippen molar-refractivity contribution in [2.45, 2.75) is 13.1 Å². The van der Waals surface area contributed by atoms with Crippen molar-refractivity contribution in [3.05, 3.63) is 70.8 Å². The summed E-state index contributed by atoms with van der Waals surface area (Å²) in [5.74, 6) is -0.614. The number of nitrogens with one attached hydrogen (secondary N) is 1. The van der Waals surface area contributed by atoms with Crippen molar-refractivity contribution in [2.24, 2.45) is 0 Å². The summed E-state index contributed by atoms with van der Waals surface area (Å²) >= 11 is 6.11. The summed E-state index contributed by atoms with van der Waals surface area (Å²) in [7, 11) is 2.53. The fourth-order valence-corrected chi connectivity index (χ4v) is 3.65. The Hall–Kier alpha value is -4.19. The first kappa shape index (κ1) is 24.9. The maximum Gasteiger partial charge on any atom is 0.435 e. The molecule has 0 amide bonds. The molecule has 4 aromatic rings. The molecular weight excluding hydrogens is 501 g/mol. The lowest BCUT2D eigenvalue weighted by Crippen LogP contribution is -2.10. The molecule has 0 unspecified atom stereocenters. The zero-order valence-electron chi connectivity index (χ0n) is 19.1. The Morgan fingerprint density at radius 1 is 1.11 bits per heavy atom.